The van der Waals surface area contributed by atoms with Gasteiger partial charge < -0.3 is 10.1 Å². The summed E-state index contributed by atoms with van der Waals surface area (Å²) in [5.41, 5.74) is 0. The lowest BCUT2D eigenvalue weighted by atomic mass is 10.1. The molecule has 0 rings (SSSR count). The first-order chi connectivity index (χ1) is 12.0. The molecule has 160 valence electrons. The maximum Gasteiger partial charge on any atom is 0.460 e. The fraction of sp³-hybridized carbons (Fsp3) is 0.750. The molecule has 15 heteroatoms. The quantitative estimate of drug-likeness (QED) is 0.232. The van der Waals surface area contributed by atoms with E-state index in [-0.39, 0.29) is 13.2 Å². The van der Waals surface area contributed by atoms with Crippen LogP contribution in [-0.2, 0) is 19.4 Å². The van der Waals surface area contributed by atoms with E-state index in [0.717, 1.165) is 6.08 Å². The number of halogens is 9. The van der Waals surface area contributed by atoms with Crippen molar-refractivity contribution < 1.29 is 57.5 Å². The van der Waals surface area contributed by atoms with E-state index in [1.165, 1.54) is 0 Å². The first kappa shape index (κ1) is 25.5. The highest BCUT2D eigenvalue weighted by Gasteiger charge is 2.84. The molecule has 0 aliphatic heterocycles. The molecule has 0 unspecified atom stereocenters. The van der Waals surface area contributed by atoms with Gasteiger partial charge >= 0.3 is 29.2 Å². The van der Waals surface area contributed by atoms with Crippen molar-refractivity contribution in [1.82, 2.24) is 5.32 Å². The van der Waals surface area contributed by atoms with Gasteiger partial charge in [-0.1, -0.05) is 6.58 Å². The van der Waals surface area contributed by atoms with Crippen molar-refractivity contribution in [3.8, 4) is 0 Å². The highest BCUT2D eigenvalue weighted by molar-refractivity contribution is 7.92. The molecule has 5 nitrogen and oxygen atoms in total. The summed E-state index contributed by atoms with van der Waals surface area (Å²) in [5.74, 6) is -17.1. The summed E-state index contributed by atoms with van der Waals surface area (Å²) >= 11 is 0. The Morgan fingerprint density at radius 3 is 1.93 bits per heavy atom. The van der Waals surface area contributed by atoms with Crippen molar-refractivity contribution in [2.24, 2.45) is 0 Å². The lowest BCUT2D eigenvalue weighted by molar-refractivity contribution is -0.382. The minimum absolute atomic E-state index is 0.113. The summed E-state index contributed by atoms with van der Waals surface area (Å²) in [6.07, 6.45) is -7.09. The Balaban J connectivity index is 4.90. The van der Waals surface area contributed by atoms with Gasteiger partial charge in [0, 0.05) is 12.6 Å². The molecule has 0 amide bonds. The van der Waals surface area contributed by atoms with Crippen molar-refractivity contribution in [3.63, 3.8) is 0 Å². The maximum absolute atomic E-state index is 13.4. The second-order valence-electron chi connectivity index (χ2n) is 4.96. The minimum Gasteiger partial charge on any atom is -0.461 e. The third-order valence-corrected chi connectivity index (χ3v) is 4.83. The monoisotopic (exact) mass is 439 g/mol. The maximum atomic E-state index is 13.4. The Morgan fingerprint density at radius 2 is 1.48 bits per heavy atom. The molecule has 0 radical (unpaired) electrons. The fourth-order valence-electron chi connectivity index (χ4n) is 1.48. The number of carbonyl (C=O) groups is 1. The van der Waals surface area contributed by atoms with Crippen LogP contribution in [0.3, 0.4) is 0 Å². The van der Waals surface area contributed by atoms with Crippen molar-refractivity contribution >= 4 is 15.8 Å². The second kappa shape index (κ2) is 8.67. The molecule has 0 bridgehead atoms. The Hall–Kier alpha value is -1.51. The van der Waals surface area contributed by atoms with E-state index in [1.54, 1.807) is 0 Å². The van der Waals surface area contributed by atoms with Crippen LogP contribution in [0.5, 0.6) is 0 Å². The van der Waals surface area contributed by atoms with Crippen molar-refractivity contribution in [3.05, 3.63) is 12.7 Å². The topological polar surface area (TPSA) is 72.5 Å². The van der Waals surface area contributed by atoms with Crippen LogP contribution in [0, 0.1) is 0 Å². The number of nitrogens with one attached hydrogen (secondary N) is 1. The summed E-state index contributed by atoms with van der Waals surface area (Å²) in [7, 11) is -6.37. The molecule has 0 aromatic heterocycles. The molecule has 0 atom stereocenters. The first-order valence-electron chi connectivity index (χ1n) is 6.88. The third-order valence-electron chi connectivity index (χ3n) is 2.96. The Morgan fingerprint density at radius 1 is 0.963 bits per heavy atom. The predicted octanol–water partition coefficient (Wildman–Crippen LogP) is 2.54. The van der Waals surface area contributed by atoms with Gasteiger partial charge in [-0.15, -0.1) is 0 Å². The fourth-order valence-corrected chi connectivity index (χ4v) is 2.78. The number of hydrogen-bond donors (Lipinski definition) is 1. The molecular formula is C12H14F9NO4S. The smallest absolute Gasteiger partial charge is 0.460 e. The van der Waals surface area contributed by atoms with Gasteiger partial charge in [-0.3, -0.25) is 0 Å². The number of hydrogen-bond acceptors (Lipinski definition) is 5. The average Bonchev–Trinajstić information content (AvgIpc) is 2.51. The molecule has 1 N–H and O–H groups in total. The second-order valence-corrected chi connectivity index (χ2v) is 7.11. The molecule has 0 aromatic rings. The summed E-state index contributed by atoms with van der Waals surface area (Å²) in [6, 6.07) is 0. The number of esters is 1. The van der Waals surface area contributed by atoms with Crippen LogP contribution in [0.25, 0.3) is 0 Å². The Bertz CT molecular complexity index is 631. The highest BCUT2D eigenvalue weighted by Crippen LogP contribution is 2.54. The van der Waals surface area contributed by atoms with Crippen molar-refractivity contribution in [1.29, 1.82) is 0 Å². The van der Waals surface area contributed by atoms with Gasteiger partial charge in [-0.25, -0.2) is 13.2 Å². The van der Waals surface area contributed by atoms with Crippen LogP contribution < -0.4 is 5.32 Å². The van der Waals surface area contributed by atoms with Crippen LogP contribution in [0.4, 0.5) is 39.5 Å². The normalized spacial score (nSPS) is 14.1. The summed E-state index contributed by atoms with van der Waals surface area (Å²) in [5, 5.41) is -4.32. The van der Waals surface area contributed by atoms with E-state index in [2.05, 4.69) is 16.6 Å². The lowest BCUT2D eigenvalue weighted by Gasteiger charge is -2.33. The zero-order chi connectivity index (χ0) is 21.7. The van der Waals surface area contributed by atoms with Crippen LogP contribution in [0.2, 0.25) is 0 Å². The standard InChI is InChI=1S/C12H14F9NO4S/c1-2-8(23)26-6-5-22-4-3-7-27(24,25)12(20,21)10(15,16)9(13,14)11(17,18)19/h2,22H,1,3-7H2. The molecule has 0 spiro atoms. The van der Waals surface area contributed by atoms with Crippen molar-refractivity contribution in [2.45, 2.75) is 29.7 Å². The zero-order valence-electron chi connectivity index (χ0n) is 13.3. The van der Waals surface area contributed by atoms with Crippen LogP contribution in [0.1, 0.15) is 6.42 Å². The molecule has 0 aliphatic carbocycles. The third kappa shape index (κ3) is 5.49. The Kier molecular flexibility index (Phi) is 8.18. The van der Waals surface area contributed by atoms with E-state index in [9.17, 15) is 52.7 Å². The van der Waals surface area contributed by atoms with Crippen LogP contribution >= 0.6 is 0 Å². The molecular weight excluding hydrogens is 425 g/mol. The molecule has 0 aromatic carbocycles. The first-order valence-corrected chi connectivity index (χ1v) is 8.53. The Labute approximate surface area is 147 Å². The van der Waals surface area contributed by atoms with Gasteiger partial charge in [0.25, 0.3) is 0 Å². The summed E-state index contributed by atoms with van der Waals surface area (Å²) < 4.78 is 141. The highest BCUT2D eigenvalue weighted by atomic mass is 32.2. The van der Waals surface area contributed by atoms with E-state index in [4.69, 9.17) is 0 Å². The van der Waals surface area contributed by atoms with E-state index >= 15 is 0 Å². The SMILES string of the molecule is C=CC(=O)OCCNCCCS(=O)(=O)C(F)(F)C(F)(F)C(F)(F)C(F)(F)F. The van der Waals surface area contributed by atoms with Gasteiger partial charge in [-0.2, -0.15) is 39.5 Å². The molecule has 0 heterocycles. The van der Waals surface area contributed by atoms with Gasteiger partial charge in [0.15, 0.2) is 0 Å². The number of carbonyl (C=O) groups excluding carboxylic acids is 1. The lowest BCUT2D eigenvalue weighted by Crippen LogP contribution is -2.63. The summed E-state index contributed by atoms with van der Waals surface area (Å²) in [6.45, 7) is 2.29. The van der Waals surface area contributed by atoms with Gasteiger partial charge in [0.2, 0.25) is 9.84 Å². The molecule has 0 aliphatic rings. The van der Waals surface area contributed by atoms with Gasteiger partial charge in [0.1, 0.15) is 6.61 Å². The van der Waals surface area contributed by atoms with E-state index < -0.39 is 57.8 Å². The van der Waals surface area contributed by atoms with Crippen LogP contribution in [-0.4, -0.2) is 63.1 Å². The number of rotatable bonds is 11. The van der Waals surface area contributed by atoms with E-state index in [0.29, 0.717) is 0 Å². The number of alkyl halides is 9. The molecule has 27 heavy (non-hydrogen) atoms. The number of ether oxygens (including phenoxy) is 1. The zero-order valence-corrected chi connectivity index (χ0v) is 14.1. The molecule has 0 saturated heterocycles. The van der Waals surface area contributed by atoms with Gasteiger partial charge in [-0.05, 0) is 13.0 Å². The predicted molar refractivity (Wildman–Crippen MR) is 73.3 cm³/mol. The molecule has 0 saturated carbocycles. The largest absolute Gasteiger partial charge is 0.461 e. The van der Waals surface area contributed by atoms with E-state index in [1.807, 2.05) is 0 Å². The number of sulfone groups is 1. The molecule has 0 fully saturated rings. The summed E-state index contributed by atoms with van der Waals surface area (Å²) in [4.78, 5) is 10.6. The minimum atomic E-state index is -7.27. The average molecular weight is 439 g/mol. The van der Waals surface area contributed by atoms with Gasteiger partial charge in [0.05, 0.1) is 5.75 Å². The van der Waals surface area contributed by atoms with Crippen LogP contribution in [0.15, 0.2) is 12.7 Å². The van der Waals surface area contributed by atoms with Crippen molar-refractivity contribution in [2.75, 3.05) is 25.4 Å².